The lowest BCUT2D eigenvalue weighted by atomic mass is 9.88. The Morgan fingerprint density at radius 3 is 1.95 bits per heavy atom. The van der Waals surface area contributed by atoms with Crippen molar-refractivity contribution in [1.29, 1.82) is 0 Å². The zero-order valence-electron chi connectivity index (χ0n) is 12.5. The minimum atomic E-state index is -0.997. The van der Waals surface area contributed by atoms with Gasteiger partial charge in [-0.1, -0.05) is 26.7 Å². The first-order chi connectivity index (χ1) is 8.67. The standard InChI is InChI=1S/C14H27NO4/c1-5-7-14(19,8-6-2)9-11(16)15-10-13(3,4)12(17)18/h19H,5-10H2,1-4H3,(H,15,16)(H,17,18). The van der Waals surface area contributed by atoms with Gasteiger partial charge in [0.2, 0.25) is 5.91 Å². The molecule has 0 fully saturated rings. The summed E-state index contributed by atoms with van der Waals surface area (Å²) in [4.78, 5) is 22.7. The summed E-state index contributed by atoms with van der Waals surface area (Å²) >= 11 is 0. The van der Waals surface area contributed by atoms with E-state index in [-0.39, 0.29) is 18.9 Å². The Morgan fingerprint density at radius 2 is 1.58 bits per heavy atom. The molecule has 0 spiro atoms. The summed E-state index contributed by atoms with van der Waals surface area (Å²) in [6.45, 7) is 7.10. The fraction of sp³-hybridized carbons (Fsp3) is 0.857. The van der Waals surface area contributed by atoms with E-state index in [9.17, 15) is 14.7 Å². The van der Waals surface area contributed by atoms with E-state index in [4.69, 9.17) is 5.11 Å². The summed E-state index contributed by atoms with van der Waals surface area (Å²) in [6, 6.07) is 0. The molecule has 0 atom stereocenters. The van der Waals surface area contributed by atoms with Gasteiger partial charge in [-0.05, 0) is 26.7 Å². The van der Waals surface area contributed by atoms with Crippen LogP contribution >= 0.6 is 0 Å². The zero-order chi connectivity index (χ0) is 15.1. The third-order valence-corrected chi connectivity index (χ3v) is 3.23. The molecule has 0 rings (SSSR count). The van der Waals surface area contributed by atoms with E-state index in [2.05, 4.69) is 5.32 Å². The zero-order valence-corrected chi connectivity index (χ0v) is 12.5. The molecule has 0 heterocycles. The molecule has 19 heavy (non-hydrogen) atoms. The average Bonchev–Trinajstić information content (AvgIpc) is 2.26. The number of aliphatic hydroxyl groups is 1. The number of carbonyl (C=O) groups is 2. The Hall–Kier alpha value is -1.10. The highest BCUT2D eigenvalue weighted by Crippen LogP contribution is 2.23. The van der Waals surface area contributed by atoms with Crippen molar-refractivity contribution < 1.29 is 19.8 Å². The molecular weight excluding hydrogens is 246 g/mol. The monoisotopic (exact) mass is 273 g/mol. The van der Waals surface area contributed by atoms with Crippen LogP contribution in [0.3, 0.4) is 0 Å². The molecule has 1 amide bonds. The summed E-state index contributed by atoms with van der Waals surface area (Å²) in [7, 11) is 0. The van der Waals surface area contributed by atoms with Crippen LogP contribution < -0.4 is 5.32 Å². The van der Waals surface area contributed by atoms with Crippen molar-refractivity contribution >= 4 is 11.9 Å². The average molecular weight is 273 g/mol. The highest BCUT2D eigenvalue weighted by atomic mass is 16.4. The molecule has 0 saturated carbocycles. The lowest BCUT2D eigenvalue weighted by Crippen LogP contribution is -2.42. The van der Waals surface area contributed by atoms with Gasteiger partial charge in [-0.2, -0.15) is 0 Å². The molecule has 112 valence electrons. The van der Waals surface area contributed by atoms with Crippen LogP contribution in [0.15, 0.2) is 0 Å². The van der Waals surface area contributed by atoms with Gasteiger partial charge in [0, 0.05) is 6.54 Å². The van der Waals surface area contributed by atoms with Gasteiger partial charge in [0.15, 0.2) is 0 Å². The minimum Gasteiger partial charge on any atom is -0.481 e. The molecule has 0 bridgehead atoms. The SMILES string of the molecule is CCCC(O)(CCC)CC(=O)NCC(C)(C)C(=O)O. The molecule has 0 aromatic rings. The van der Waals surface area contributed by atoms with Crippen LogP contribution in [0.4, 0.5) is 0 Å². The smallest absolute Gasteiger partial charge is 0.310 e. The molecule has 0 radical (unpaired) electrons. The third kappa shape index (κ3) is 6.57. The number of carboxylic acid groups (broad SMARTS) is 1. The second kappa shape index (κ2) is 7.48. The predicted octanol–water partition coefficient (Wildman–Crippen LogP) is 1.93. The molecule has 0 aromatic carbocycles. The van der Waals surface area contributed by atoms with Crippen molar-refractivity contribution in [1.82, 2.24) is 5.32 Å². The van der Waals surface area contributed by atoms with E-state index in [0.29, 0.717) is 12.8 Å². The molecule has 5 nitrogen and oxygen atoms in total. The normalized spacial score (nSPS) is 12.3. The van der Waals surface area contributed by atoms with E-state index in [1.807, 2.05) is 13.8 Å². The summed E-state index contributed by atoms with van der Waals surface area (Å²) in [5, 5.41) is 21.9. The van der Waals surface area contributed by atoms with Crippen molar-refractivity contribution in [2.24, 2.45) is 5.41 Å². The first kappa shape index (κ1) is 17.9. The first-order valence-corrected chi connectivity index (χ1v) is 6.89. The highest BCUT2D eigenvalue weighted by molar-refractivity contribution is 5.79. The Balaban J connectivity index is 4.39. The lowest BCUT2D eigenvalue weighted by molar-refractivity contribution is -0.146. The number of hydrogen-bond acceptors (Lipinski definition) is 3. The van der Waals surface area contributed by atoms with Crippen molar-refractivity contribution in [3.8, 4) is 0 Å². The molecule has 0 saturated heterocycles. The van der Waals surface area contributed by atoms with Gasteiger partial charge in [0.05, 0.1) is 17.4 Å². The van der Waals surface area contributed by atoms with Crippen LogP contribution in [0.2, 0.25) is 0 Å². The van der Waals surface area contributed by atoms with Crippen LogP contribution in [0, 0.1) is 5.41 Å². The van der Waals surface area contributed by atoms with Crippen LogP contribution in [-0.4, -0.2) is 34.2 Å². The van der Waals surface area contributed by atoms with Gasteiger partial charge >= 0.3 is 5.97 Å². The maximum absolute atomic E-state index is 11.8. The topological polar surface area (TPSA) is 86.6 Å². The van der Waals surface area contributed by atoms with E-state index in [1.165, 1.54) is 0 Å². The van der Waals surface area contributed by atoms with Crippen molar-refractivity contribution in [3.63, 3.8) is 0 Å². The van der Waals surface area contributed by atoms with E-state index < -0.39 is 17.0 Å². The minimum absolute atomic E-state index is 0.0321. The molecule has 0 aliphatic carbocycles. The largest absolute Gasteiger partial charge is 0.481 e. The van der Waals surface area contributed by atoms with Gasteiger partial charge in [-0.15, -0.1) is 0 Å². The third-order valence-electron chi connectivity index (χ3n) is 3.23. The molecule has 5 heteroatoms. The number of carbonyl (C=O) groups excluding carboxylic acids is 1. The van der Waals surface area contributed by atoms with Crippen LogP contribution in [0.25, 0.3) is 0 Å². The second-order valence-electron chi connectivity index (χ2n) is 5.87. The van der Waals surface area contributed by atoms with Gasteiger partial charge in [-0.3, -0.25) is 9.59 Å². The Bertz CT molecular complexity index is 307. The second-order valence-corrected chi connectivity index (χ2v) is 5.87. The number of nitrogens with one attached hydrogen (secondary N) is 1. The number of rotatable bonds is 9. The summed E-state index contributed by atoms with van der Waals surface area (Å²) in [6.07, 6.45) is 2.81. The molecular formula is C14H27NO4. The lowest BCUT2D eigenvalue weighted by Gasteiger charge is -2.27. The Kier molecular flexibility index (Phi) is 7.05. The van der Waals surface area contributed by atoms with Crippen LogP contribution in [-0.2, 0) is 9.59 Å². The van der Waals surface area contributed by atoms with Gasteiger partial charge in [0.1, 0.15) is 0 Å². The van der Waals surface area contributed by atoms with Crippen molar-refractivity contribution in [2.45, 2.75) is 65.4 Å². The molecule has 3 N–H and O–H groups in total. The summed E-state index contributed by atoms with van der Waals surface area (Å²) in [5.74, 6) is -1.25. The quantitative estimate of drug-likeness (QED) is 0.599. The fourth-order valence-corrected chi connectivity index (χ4v) is 1.99. The van der Waals surface area contributed by atoms with Gasteiger partial charge in [0.25, 0.3) is 0 Å². The van der Waals surface area contributed by atoms with Crippen LogP contribution in [0.5, 0.6) is 0 Å². The number of amides is 1. The number of carboxylic acids is 1. The Labute approximate surface area is 115 Å². The number of aliphatic carboxylic acids is 1. The maximum atomic E-state index is 11.8. The molecule has 0 aromatic heterocycles. The molecule has 0 aliphatic heterocycles. The fourth-order valence-electron chi connectivity index (χ4n) is 1.99. The van der Waals surface area contributed by atoms with Crippen molar-refractivity contribution in [3.05, 3.63) is 0 Å². The Morgan fingerprint density at radius 1 is 1.11 bits per heavy atom. The van der Waals surface area contributed by atoms with E-state index in [1.54, 1.807) is 13.8 Å². The maximum Gasteiger partial charge on any atom is 0.310 e. The number of hydrogen-bond donors (Lipinski definition) is 3. The summed E-state index contributed by atoms with van der Waals surface area (Å²) < 4.78 is 0. The van der Waals surface area contributed by atoms with Gasteiger partial charge in [-0.25, -0.2) is 0 Å². The molecule has 0 aliphatic rings. The van der Waals surface area contributed by atoms with Gasteiger partial charge < -0.3 is 15.5 Å². The van der Waals surface area contributed by atoms with E-state index >= 15 is 0 Å². The van der Waals surface area contributed by atoms with Crippen molar-refractivity contribution in [2.75, 3.05) is 6.54 Å². The first-order valence-electron chi connectivity index (χ1n) is 6.89. The summed E-state index contributed by atoms with van der Waals surface area (Å²) in [5.41, 5.74) is -1.97. The highest BCUT2D eigenvalue weighted by Gasteiger charge is 2.31. The van der Waals surface area contributed by atoms with E-state index in [0.717, 1.165) is 12.8 Å². The predicted molar refractivity (Wildman–Crippen MR) is 73.8 cm³/mol. The molecule has 0 unspecified atom stereocenters. The van der Waals surface area contributed by atoms with Crippen LogP contribution in [0.1, 0.15) is 59.8 Å².